The molecule has 0 spiro atoms. The van der Waals surface area contributed by atoms with Crippen LogP contribution < -0.4 is 9.62 Å². The van der Waals surface area contributed by atoms with Gasteiger partial charge in [0.15, 0.2) is 5.13 Å². The Hall–Kier alpha value is -1.15. The van der Waals surface area contributed by atoms with Gasteiger partial charge in [0.05, 0.1) is 4.90 Å². The molecule has 0 radical (unpaired) electrons. The number of anilines is 1. The molecule has 5 nitrogen and oxygen atoms in total. The predicted molar refractivity (Wildman–Crippen MR) is 93.7 cm³/mol. The normalized spacial score (nSPS) is 19.0. The molecule has 1 atom stereocenters. The van der Waals surface area contributed by atoms with E-state index in [4.69, 9.17) is 11.6 Å². The third-order valence-electron chi connectivity index (χ3n) is 3.89. The Labute approximate surface area is 145 Å². The van der Waals surface area contributed by atoms with Crippen LogP contribution >= 0.6 is 22.9 Å². The standard InChI is InChI=1S/C15H18ClN3O2S2/c16-13-3-5-14(6-4-13)23(20,21)18-10-12-2-1-8-19(11-12)15-17-7-9-22-15/h3-7,9,12,18H,1-2,8,10-11H2. The van der Waals surface area contributed by atoms with Crippen molar-refractivity contribution in [1.29, 1.82) is 0 Å². The fraction of sp³-hybridized carbons (Fsp3) is 0.400. The van der Waals surface area contributed by atoms with Gasteiger partial charge in [-0.05, 0) is 43.0 Å². The summed E-state index contributed by atoms with van der Waals surface area (Å²) in [6.45, 7) is 2.25. The van der Waals surface area contributed by atoms with Crippen LogP contribution in [-0.4, -0.2) is 33.0 Å². The van der Waals surface area contributed by atoms with E-state index < -0.39 is 10.0 Å². The van der Waals surface area contributed by atoms with Crippen LogP contribution in [0.25, 0.3) is 0 Å². The number of benzene rings is 1. The van der Waals surface area contributed by atoms with Crippen molar-refractivity contribution in [3.63, 3.8) is 0 Å². The molecule has 1 N–H and O–H groups in total. The summed E-state index contributed by atoms with van der Waals surface area (Å²) in [6, 6.07) is 6.21. The lowest BCUT2D eigenvalue weighted by Crippen LogP contribution is -2.40. The Morgan fingerprint density at radius 1 is 1.35 bits per heavy atom. The maximum atomic E-state index is 12.3. The van der Waals surface area contributed by atoms with Crippen molar-refractivity contribution in [1.82, 2.24) is 9.71 Å². The van der Waals surface area contributed by atoms with E-state index >= 15 is 0 Å². The van der Waals surface area contributed by atoms with E-state index in [-0.39, 0.29) is 10.8 Å². The van der Waals surface area contributed by atoms with Gasteiger partial charge in [-0.25, -0.2) is 18.1 Å². The summed E-state index contributed by atoms with van der Waals surface area (Å²) >= 11 is 7.42. The molecule has 1 aliphatic rings. The van der Waals surface area contributed by atoms with Gasteiger partial charge < -0.3 is 4.90 Å². The molecule has 0 aliphatic carbocycles. The highest BCUT2D eigenvalue weighted by molar-refractivity contribution is 7.89. The second-order valence-corrected chi connectivity index (χ2v) is 8.65. The number of hydrogen-bond acceptors (Lipinski definition) is 5. The Bertz CT molecular complexity index is 733. The van der Waals surface area contributed by atoms with Gasteiger partial charge in [-0.15, -0.1) is 11.3 Å². The molecule has 2 heterocycles. The number of piperidine rings is 1. The second kappa shape index (κ2) is 7.17. The number of nitrogens with one attached hydrogen (secondary N) is 1. The van der Waals surface area contributed by atoms with Gasteiger partial charge in [-0.1, -0.05) is 11.6 Å². The van der Waals surface area contributed by atoms with Crippen LogP contribution in [0.2, 0.25) is 5.02 Å². The van der Waals surface area contributed by atoms with Crippen molar-refractivity contribution in [2.45, 2.75) is 17.7 Å². The molecular weight excluding hydrogens is 354 g/mol. The highest BCUT2D eigenvalue weighted by Crippen LogP contribution is 2.24. The van der Waals surface area contributed by atoms with Crippen molar-refractivity contribution < 1.29 is 8.42 Å². The lowest BCUT2D eigenvalue weighted by atomic mass is 9.99. The van der Waals surface area contributed by atoms with Gasteiger partial charge in [0.25, 0.3) is 0 Å². The number of hydrogen-bond donors (Lipinski definition) is 1. The summed E-state index contributed by atoms with van der Waals surface area (Å²) in [5.74, 6) is 0.287. The van der Waals surface area contributed by atoms with Crippen molar-refractivity contribution >= 4 is 38.1 Å². The third-order valence-corrected chi connectivity index (χ3v) is 6.42. The second-order valence-electron chi connectivity index (χ2n) is 5.57. The molecule has 1 fully saturated rings. The molecule has 3 rings (SSSR count). The van der Waals surface area contributed by atoms with E-state index in [1.807, 2.05) is 5.38 Å². The number of halogens is 1. The van der Waals surface area contributed by atoms with Crippen molar-refractivity contribution in [3.05, 3.63) is 40.9 Å². The van der Waals surface area contributed by atoms with E-state index in [2.05, 4.69) is 14.6 Å². The molecule has 0 saturated carbocycles. The van der Waals surface area contributed by atoms with Gasteiger partial charge in [0.2, 0.25) is 10.0 Å². The lowest BCUT2D eigenvalue weighted by molar-refractivity contribution is 0.410. The first-order valence-electron chi connectivity index (χ1n) is 7.44. The average Bonchev–Trinajstić information content (AvgIpc) is 3.08. The van der Waals surface area contributed by atoms with Crippen molar-refractivity contribution in [3.8, 4) is 0 Å². The zero-order valence-electron chi connectivity index (χ0n) is 12.5. The number of sulfonamides is 1. The zero-order chi connectivity index (χ0) is 16.3. The molecule has 1 aromatic carbocycles. The minimum atomic E-state index is -3.49. The van der Waals surface area contributed by atoms with Crippen LogP contribution in [0.15, 0.2) is 40.7 Å². The van der Waals surface area contributed by atoms with Gasteiger partial charge in [0.1, 0.15) is 0 Å². The first-order valence-corrected chi connectivity index (χ1v) is 10.2. The smallest absolute Gasteiger partial charge is 0.240 e. The monoisotopic (exact) mass is 371 g/mol. The Morgan fingerprint density at radius 3 is 2.83 bits per heavy atom. The minimum Gasteiger partial charge on any atom is -0.348 e. The van der Waals surface area contributed by atoms with E-state index in [9.17, 15) is 8.42 Å². The van der Waals surface area contributed by atoms with Gasteiger partial charge in [-0.3, -0.25) is 0 Å². The number of thiazole rings is 1. The zero-order valence-corrected chi connectivity index (χ0v) is 14.9. The number of nitrogens with zero attached hydrogens (tertiary/aromatic N) is 2. The Balaban J connectivity index is 1.60. The summed E-state index contributed by atoms with van der Waals surface area (Å²) in [4.78, 5) is 6.81. The SMILES string of the molecule is O=S(=O)(NCC1CCCN(c2nccs2)C1)c1ccc(Cl)cc1. The third kappa shape index (κ3) is 4.23. The maximum absolute atomic E-state index is 12.3. The predicted octanol–water partition coefficient (Wildman–Crippen LogP) is 2.99. The molecule has 2 aromatic rings. The number of rotatable bonds is 5. The summed E-state index contributed by atoms with van der Waals surface area (Å²) < 4.78 is 27.4. The van der Waals surface area contributed by atoms with E-state index in [0.717, 1.165) is 31.1 Å². The van der Waals surface area contributed by atoms with E-state index in [1.165, 1.54) is 12.1 Å². The summed E-state index contributed by atoms with van der Waals surface area (Å²) in [5, 5.41) is 3.49. The molecule has 8 heteroatoms. The summed E-state index contributed by atoms with van der Waals surface area (Å²) in [7, 11) is -3.49. The molecule has 1 saturated heterocycles. The molecule has 0 amide bonds. The summed E-state index contributed by atoms with van der Waals surface area (Å²) in [6.07, 6.45) is 3.87. The molecule has 1 aromatic heterocycles. The average molecular weight is 372 g/mol. The highest BCUT2D eigenvalue weighted by Gasteiger charge is 2.23. The molecule has 0 bridgehead atoms. The fourth-order valence-electron chi connectivity index (χ4n) is 2.70. The van der Waals surface area contributed by atoms with Crippen LogP contribution in [-0.2, 0) is 10.0 Å². The molecule has 1 unspecified atom stereocenters. The molecular formula is C15H18ClN3O2S2. The largest absolute Gasteiger partial charge is 0.348 e. The Morgan fingerprint density at radius 2 is 2.13 bits per heavy atom. The van der Waals surface area contributed by atoms with Crippen molar-refractivity contribution in [2.75, 3.05) is 24.5 Å². The minimum absolute atomic E-state index is 0.245. The van der Waals surface area contributed by atoms with Crippen LogP contribution in [0.5, 0.6) is 0 Å². The van der Waals surface area contributed by atoms with E-state index in [1.54, 1.807) is 29.7 Å². The van der Waals surface area contributed by atoms with Crippen LogP contribution in [0.3, 0.4) is 0 Å². The fourth-order valence-corrected chi connectivity index (χ4v) is 4.62. The van der Waals surface area contributed by atoms with Gasteiger partial charge in [0, 0.05) is 36.2 Å². The maximum Gasteiger partial charge on any atom is 0.240 e. The van der Waals surface area contributed by atoms with Crippen molar-refractivity contribution in [2.24, 2.45) is 5.92 Å². The quantitative estimate of drug-likeness (QED) is 0.877. The number of aromatic nitrogens is 1. The lowest BCUT2D eigenvalue weighted by Gasteiger charge is -2.32. The first kappa shape index (κ1) is 16.7. The van der Waals surface area contributed by atoms with Crippen LogP contribution in [0.4, 0.5) is 5.13 Å². The molecule has 23 heavy (non-hydrogen) atoms. The van der Waals surface area contributed by atoms with Crippen LogP contribution in [0.1, 0.15) is 12.8 Å². The topological polar surface area (TPSA) is 62.3 Å². The Kier molecular flexibility index (Phi) is 5.21. The molecule has 1 aliphatic heterocycles. The summed E-state index contributed by atoms with van der Waals surface area (Å²) in [5.41, 5.74) is 0. The van der Waals surface area contributed by atoms with Crippen LogP contribution in [0, 0.1) is 5.92 Å². The van der Waals surface area contributed by atoms with E-state index in [0.29, 0.717) is 11.6 Å². The highest BCUT2D eigenvalue weighted by atomic mass is 35.5. The molecule has 124 valence electrons. The first-order chi connectivity index (χ1) is 11.0. The van der Waals surface area contributed by atoms with Gasteiger partial charge in [-0.2, -0.15) is 0 Å². The van der Waals surface area contributed by atoms with Gasteiger partial charge >= 0.3 is 0 Å².